The molecule has 0 radical (unpaired) electrons. The van der Waals surface area contributed by atoms with Crippen molar-refractivity contribution in [1.82, 2.24) is 5.32 Å². The van der Waals surface area contributed by atoms with Crippen LogP contribution in [0.5, 0.6) is 5.75 Å². The van der Waals surface area contributed by atoms with Gasteiger partial charge < -0.3 is 14.8 Å². The lowest BCUT2D eigenvalue weighted by atomic mass is 10.1. The Labute approximate surface area is 109 Å². The average molecular weight is 249 g/mol. The summed E-state index contributed by atoms with van der Waals surface area (Å²) in [4.78, 5) is 0. The first-order valence-electron chi connectivity index (χ1n) is 6.71. The van der Waals surface area contributed by atoms with Gasteiger partial charge in [-0.25, -0.2) is 0 Å². The van der Waals surface area contributed by atoms with Gasteiger partial charge in [-0.3, -0.25) is 0 Å². The van der Waals surface area contributed by atoms with Crippen LogP contribution in [-0.2, 0) is 11.2 Å². The molecule has 1 aromatic rings. The number of hydrogen-bond acceptors (Lipinski definition) is 3. The number of methoxy groups -OCH3 is 1. The van der Waals surface area contributed by atoms with E-state index in [4.69, 9.17) is 9.47 Å². The molecule has 18 heavy (non-hydrogen) atoms. The van der Waals surface area contributed by atoms with E-state index in [2.05, 4.69) is 30.4 Å². The summed E-state index contributed by atoms with van der Waals surface area (Å²) in [6.07, 6.45) is 3.40. The third kappa shape index (κ3) is 2.85. The molecule has 0 aromatic heterocycles. The second-order valence-corrected chi connectivity index (χ2v) is 4.91. The quantitative estimate of drug-likeness (QED) is 0.841. The molecule has 0 saturated heterocycles. The fourth-order valence-corrected chi connectivity index (χ4v) is 2.59. The van der Waals surface area contributed by atoms with Crippen molar-refractivity contribution in [2.45, 2.75) is 38.3 Å². The van der Waals surface area contributed by atoms with Gasteiger partial charge in [0.05, 0.1) is 6.10 Å². The first-order valence-corrected chi connectivity index (χ1v) is 6.71. The maximum atomic E-state index is 6.04. The molecule has 0 bridgehead atoms. The van der Waals surface area contributed by atoms with E-state index >= 15 is 0 Å². The first kappa shape index (κ1) is 13.4. The van der Waals surface area contributed by atoms with Gasteiger partial charge in [-0.05, 0) is 44.0 Å². The number of fused-ring (bicyclic) bond motifs is 1. The normalized spacial score (nSPS) is 19.6. The zero-order valence-electron chi connectivity index (χ0n) is 11.5. The highest BCUT2D eigenvalue weighted by molar-refractivity contribution is 5.45. The topological polar surface area (TPSA) is 30.5 Å². The summed E-state index contributed by atoms with van der Waals surface area (Å²) in [5, 5.41) is 3.36. The van der Waals surface area contributed by atoms with Crippen LogP contribution in [0.3, 0.4) is 0 Å². The third-order valence-corrected chi connectivity index (χ3v) is 3.63. The number of nitrogens with one attached hydrogen (secondary N) is 1. The number of hydrogen-bond donors (Lipinski definition) is 1. The maximum Gasteiger partial charge on any atom is 0.123 e. The van der Waals surface area contributed by atoms with Crippen molar-refractivity contribution in [3.05, 3.63) is 29.3 Å². The van der Waals surface area contributed by atoms with E-state index in [1.54, 1.807) is 7.11 Å². The second kappa shape index (κ2) is 6.21. The zero-order chi connectivity index (χ0) is 13.0. The van der Waals surface area contributed by atoms with Crippen molar-refractivity contribution in [3.63, 3.8) is 0 Å². The highest BCUT2D eigenvalue weighted by Crippen LogP contribution is 2.37. The highest BCUT2D eigenvalue weighted by Gasteiger charge is 2.24. The third-order valence-electron chi connectivity index (χ3n) is 3.63. The van der Waals surface area contributed by atoms with E-state index < -0.39 is 0 Å². The van der Waals surface area contributed by atoms with Crippen molar-refractivity contribution in [3.8, 4) is 5.75 Å². The fraction of sp³-hybridized carbons (Fsp3) is 0.600. The maximum absolute atomic E-state index is 6.04. The molecular weight excluding hydrogens is 226 g/mol. The van der Waals surface area contributed by atoms with Crippen LogP contribution in [0, 0.1) is 0 Å². The predicted octanol–water partition coefficient (Wildman–Crippen LogP) is 2.70. The van der Waals surface area contributed by atoms with Crippen LogP contribution in [0.15, 0.2) is 18.2 Å². The summed E-state index contributed by atoms with van der Waals surface area (Å²) in [6.45, 7) is 2.85. The van der Waals surface area contributed by atoms with E-state index in [0.717, 1.165) is 25.2 Å². The molecule has 0 saturated carbocycles. The van der Waals surface area contributed by atoms with Crippen molar-refractivity contribution < 1.29 is 9.47 Å². The van der Waals surface area contributed by atoms with Crippen LogP contribution in [0.4, 0.5) is 0 Å². The minimum atomic E-state index is 0.199. The Morgan fingerprint density at radius 1 is 1.44 bits per heavy atom. The van der Waals surface area contributed by atoms with Gasteiger partial charge in [-0.1, -0.05) is 12.1 Å². The Bertz CT molecular complexity index is 392. The van der Waals surface area contributed by atoms with Crippen molar-refractivity contribution in [2.75, 3.05) is 20.8 Å². The predicted molar refractivity (Wildman–Crippen MR) is 73.1 cm³/mol. The SMILES string of the molecule is CNC1CCc2c(OC(C)CCOC)cccc21. The lowest BCUT2D eigenvalue weighted by Crippen LogP contribution is -2.15. The van der Waals surface area contributed by atoms with E-state index in [-0.39, 0.29) is 6.10 Å². The molecule has 1 N–H and O–H groups in total. The summed E-state index contributed by atoms with van der Waals surface area (Å²) in [7, 11) is 3.75. The summed E-state index contributed by atoms with van der Waals surface area (Å²) >= 11 is 0. The Hall–Kier alpha value is -1.06. The van der Waals surface area contributed by atoms with Crippen LogP contribution in [0.25, 0.3) is 0 Å². The largest absolute Gasteiger partial charge is 0.490 e. The number of rotatable bonds is 6. The van der Waals surface area contributed by atoms with E-state index in [1.165, 1.54) is 17.5 Å². The van der Waals surface area contributed by atoms with Gasteiger partial charge in [0.25, 0.3) is 0 Å². The minimum Gasteiger partial charge on any atom is -0.490 e. The molecule has 100 valence electrons. The molecule has 2 atom stereocenters. The van der Waals surface area contributed by atoms with Crippen LogP contribution < -0.4 is 10.1 Å². The van der Waals surface area contributed by atoms with E-state index in [9.17, 15) is 0 Å². The van der Waals surface area contributed by atoms with Gasteiger partial charge >= 0.3 is 0 Å². The van der Waals surface area contributed by atoms with Gasteiger partial charge in [0.1, 0.15) is 5.75 Å². The average Bonchev–Trinajstić information content (AvgIpc) is 2.80. The summed E-state index contributed by atoms with van der Waals surface area (Å²) in [5.41, 5.74) is 2.77. The Balaban J connectivity index is 2.08. The second-order valence-electron chi connectivity index (χ2n) is 4.91. The lowest BCUT2D eigenvalue weighted by Gasteiger charge is -2.17. The lowest BCUT2D eigenvalue weighted by molar-refractivity contribution is 0.134. The Morgan fingerprint density at radius 3 is 3.00 bits per heavy atom. The van der Waals surface area contributed by atoms with Gasteiger partial charge in [0.2, 0.25) is 0 Å². The molecule has 2 unspecified atom stereocenters. The summed E-state index contributed by atoms with van der Waals surface area (Å²) in [6, 6.07) is 6.86. The zero-order valence-corrected chi connectivity index (χ0v) is 11.5. The standard InChI is InChI=1S/C15H23NO2/c1-11(9-10-17-3)18-15-6-4-5-12-13(15)7-8-14(12)16-2/h4-6,11,14,16H,7-10H2,1-3H3. The highest BCUT2D eigenvalue weighted by atomic mass is 16.5. The molecule has 3 heteroatoms. The van der Waals surface area contributed by atoms with Gasteiger partial charge in [-0.15, -0.1) is 0 Å². The molecular formula is C15H23NO2. The Kier molecular flexibility index (Phi) is 4.61. The smallest absolute Gasteiger partial charge is 0.123 e. The molecule has 3 nitrogen and oxygen atoms in total. The van der Waals surface area contributed by atoms with Crippen molar-refractivity contribution in [1.29, 1.82) is 0 Å². The number of benzene rings is 1. The molecule has 0 spiro atoms. The first-order chi connectivity index (χ1) is 8.76. The van der Waals surface area contributed by atoms with Crippen molar-refractivity contribution >= 4 is 0 Å². The van der Waals surface area contributed by atoms with Gasteiger partial charge in [-0.2, -0.15) is 0 Å². The van der Waals surface area contributed by atoms with Gasteiger partial charge in [0, 0.05) is 26.2 Å². The molecule has 0 aliphatic heterocycles. The van der Waals surface area contributed by atoms with Crippen LogP contribution in [0.2, 0.25) is 0 Å². The summed E-state index contributed by atoms with van der Waals surface area (Å²) < 4.78 is 11.1. The Morgan fingerprint density at radius 2 is 2.28 bits per heavy atom. The monoisotopic (exact) mass is 249 g/mol. The minimum absolute atomic E-state index is 0.199. The van der Waals surface area contributed by atoms with Crippen LogP contribution in [0.1, 0.15) is 36.9 Å². The fourth-order valence-electron chi connectivity index (χ4n) is 2.59. The number of ether oxygens (including phenoxy) is 2. The molecule has 1 aromatic carbocycles. The molecule has 0 fully saturated rings. The van der Waals surface area contributed by atoms with Crippen molar-refractivity contribution in [2.24, 2.45) is 0 Å². The van der Waals surface area contributed by atoms with E-state index in [0.29, 0.717) is 6.04 Å². The molecule has 0 amide bonds. The molecule has 1 aliphatic carbocycles. The molecule has 0 heterocycles. The van der Waals surface area contributed by atoms with Crippen LogP contribution in [-0.4, -0.2) is 26.9 Å². The molecule has 1 aliphatic rings. The van der Waals surface area contributed by atoms with Gasteiger partial charge in [0.15, 0.2) is 0 Å². The molecule has 2 rings (SSSR count). The summed E-state index contributed by atoms with van der Waals surface area (Å²) in [5.74, 6) is 1.05. The van der Waals surface area contributed by atoms with E-state index in [1.807, 2.05) is 7.05 Å². The van der Waals surface area contributed by atoms with Crippen LogP contribution >= 0.6 is 0 Å².